The lowest BCUT2D eigenvalue weighted by atomic mass is 10.2. The lowest BCUT2D eigenvalue weighted by Crippen LogP contribution is -2.06. The minimum Gasteiger partial charge on any atom is -0.483 e. The summed E-state index contributed by atoms with van der Waals surface area (Å²) < 4.78 is 5.90. The van der Waals surface area contributed by atoms with Crippen LogP contribution in [-0.2, 0) is 0 Å². The van der Waals surface area contributed by atoms with Crippen LogP contribution >= 0.6 is 11.3 Å². The fourth-order valence-corrected chi connectivity index (χ4v) is 2.26. The number of aromatic nitrogens is 2. The molecule has 4 nitrogen and oxygen atoms in total. The molecule has 90 valence electrons. The van der Waals surface area contributed by atoms with Gasteiger partial charge in [0.05, 0.1) is 0 Å². The van der Waals surface area contributed by atoms with Crippen LogP contribution in [0.15, 0.2) is 24.3 Å². The van der Waals surface area contributed by atoms with E-state index in [1.165, 1.54) is 16.9 Å². The number of nitrogens with two attached hydrogens (primary N) is 1. The van der Waals surface area contributed by atoms with Crippen LogP contribution in [-0.4, -0.2) is 10.2 Å². The van der Waals surface area contributed by atoms with Crippen molar-refractivity contribution in [2.45, 2.75) is 26.4 Å². The zero-order valence-electron chi connectivity index (χ0n) is 9.88. The summed E-state index contributed by atoms with van der Waals surface area (Å²) in [6.45, 7) is 4.09. The summed E-state index contributed by atoms with van der Waals surface area (Å²) in [5.41, 5.74) is 6.75. The van der Waals surface area contributed by atoms with Crippen LogP contribution in [0.2, 0.25) is 0 Å². The molecule has 2 N–H and O–H groups in total. The summed E-state index contributed by atoms with van der Waals surface area (Å²) >= 11 is 1.37. The summed E-state index contributed by atoms with van der Waals surface area (Å²) in [6.07, 6.45) is 0.759. The van der Waals surface area contributed by atoms with Crippen molar-refractivity contribution < 1.29 is 4.74 Å². The lowest BCUT2D eigenvalue weighted by molar-refractivity contribution is 0.200. The quantitative estimate of drug-likeness (QED) is 0.905. The first-order valence-electron chi connectivity index (χ1n) is 5.51. The summed E-state index contributed by atoms with van der Waals surface area (Å²) in [6, 6.07) is 7.97. The molecule has 0 spiro atoms. The maximum atomic E-state index is 5.90. The van der Waals surface area contributed by atoms with Crippen LogP contribution in [0, 0.1) is 6.92 Å². The average Bonchev–Trinajstić information content (AvgIpc) is 2.73. The van der Waals surface area contributed by atoms with E-state index < -0.39 is 0 Å². The van der Waals surface area contributed by atoms with Crippen LogP contribution in [0.1, 0.15) is 30.0 Å². The van der Waals surface area contributed by atoms with E-state index >= 15 is 0 Å². The highest BCUT2D eigenvalue weighted by molar-refractivity contribution is 7.15. The highest BCUT2D eigenvalue weighted by Crippen LogP contribution is 2.27. The van der Waals surface area contributed by atoms with Crippen molar-refractivity contribution in [3.63, 3.8) is 0 Å². The first-order chi connectivity index (χ1) is 8.19. The molecule has 0 saturated carbocycles. The zero-order valence-corrected chi connectivity index (χ0v) is 10.7. The molecule has 1 aromatic heterocycles. The Bertz CT molecular complexity index is 498. The van der Waals surface area contributed by atoms with Gasteiger partial charge in [-0.15, -0.1) is 10.2 Å². The second-order valence-electron chi connectivity index (χ2n) is 3.81. The smallest absolute Gasteiger partial charge is 0.203 e. The number of anilines is 1. The van der Waals surface area contributed by atoms with Crippen LogP contribution in [0.25, 0.3) is 0 Å². The SMILES string of the molecule is CCC(Oc1cccc(C)c1)c1nnc(N)s1. The van der Waals surface area contributed by atoms with Gasteiger partial charge in [0.2, 0.25) is 5.13 Å². The van der Waals surface area contributed by atoms with Crippen molar-refractivity contribution in [2.75, 3.05) is 5.73 Å². The number of nitrogen functional groups attached to an aromatic ring is 1. The molecule has 5 heteroatoms. The molecule has 0 aliphatic heterocycles. The molecule has 0 amide bonds. The van der Waals surface area contributed by atoms with Crippen LogP contribution in [0.4, 0.5) is 5.13 Å². The molecule has 2 aromatic rings. The molecule has 1 heterocycles. The van der Waals surface area contributed by atoms with E-state index in [1.807, 2.05) is 31.2 Å². The summed E-state index contributed by atoms with van der Waals surface area (Å²) in [5.74, 6) is 0.852. The van der Waals surface area contributed by atoms with Gasteiger partial charge in [-0.3, -0.25) is 0 Å². The molecule has 0 fully saturated rings. The van der Waals surface area contributed by atoms with E-state index in [9.17, 15) is 0 Å². The fraction of sp³-hybridized carbons (Fsp3) is 0.333. The normalized spacial score (nSPS) is 12.4. The maximum absolute atomic E-state index is 5.90. The summed E-state index contributed by atoms with van der Waals surface area (Å²) in [4.78, 5) is 0. The number of benzene rings is 1. The molecule has 0 bridgehead atoms. The van der Waals surface area contributed by atoms with Crippen molar-refractivity contribution in [1.29, 1.82) is 0 Å². The van der Waals surface area contributed by atoms with E-state index in [0.717, 1.165) is 17.2 Å². The van der Waals surface area contributed by atoms with Crippen molar-refractivity contribution in [2.24, 2.45) is 0 Å². The molecule has 1 unspecified atom stereocenters. The van der Waals surface area contributed by atoms with E-state index in [1.54, 1.807) is 0 Å². The molecular weight excluding hydrogens is 234 g/mol. The van der Waals surface area contributed by atoms with Crippen molar-refractivity contribution >= 4 is 16.5 Å². The van der Waals surface area contributed by atoms with Gasteiger partial charge in [-0.2, -0.15) is 0 Å². The Morgan fingerprint density at radius 3 is 2.82 bits per heavy atom. The molecule has 1 atom stereocenters. The van der Waals surface area contributed by atoms with E-state index in [-0.39, 0.29) is 6.10 Å². The Morgan fingerprint density at radius 2 is 2.24 bits per heavy atom. The zero-order chi connectivity index (χ0) is 12.3. The Morgan fingerprint density at radius 1 is 1.41 bits per heavy atom. The topological polar surface area (TPSA) is 61.0 Å². The lowest BCUT2D eigenvalue weighted by Gasteiger charge is -2.14. The number of ether oxygens (including phenoxy) is 1. The fourth-order valence-electron chi connectivity index (χ4n) is 1.54. The van der Waals surface area contributed by atoms with Gasteiger partial charge in [-0.25, -0.2) is 0 Å². The number of hydrogen-bond acceptors (Lipinski definition) is 5. The van der Waals surface area contributed by atoms with Crippen molar-refractivity contribution in [3.05, 3.63) is 34.8 Å². The number of aryl methyl sites for hydroxylation is 1. The van der Waals surface area contributed by atoms with Gasteiger partial charge in [-0.1, -0.05) is 30.4 Å². The number of hydrogen-bond donors (Lipinski definition) is 1. The first kappa shape index (κ1) is 11.9. The summed E-state index contributed by atoms with van der Waals surface area (Å²) in [5, 5.41) is 9.14. The first-order valence-corrected chi connectivity index (χ1v) is 6.33. The molecule has 1 aromatic carbocycles. The van der Waals surface area contributed by atoms with Crippen molar-refractivity contribution in [1.82, 2.24) is 10.2 Å². The van der Waals surface area contributed by atoms with Gasteiger partial charge in [0.15, 0.2) is 11.1 Å². The van der Waals surface area contributed by atoms with Gasteiger partial charge < -0.3 is 10.5 Å². The van der Waals surface area contributed by atoms with Gasteiger partial charge >= 0.3 is 0 Å². The third-order valence-corrected chi connectivity index (χ3v) is 3.21. The number of nitrogens with zero attached hydrogens (tertiary/aromatic N) is 2. The van der Waals surface area contributed by atoms with E-state index in [4.69, 9.17) is 10.5 Å². The molecule has 0 aliphatic carbocycles. The molecular formula is C12H15N3OS. The predicted molar refractivity (Wildman–Crippen MR) is 69.2 cm³/mol. The highest BCUT2D eigenvalue weighted by atomic mass is 32.1. The van der Waals surface area contributed by atoms with E-state index in [0.29, 0.717) is 5.13 Å². The van der Waals surface area contributed by atoms with Crippen LogP contribution < -0.4 is 10.5 Å². The van der Waals surface area contributed by atoms with Crippen LogP contribution in [0.3, 0.4) is 0 Å². The Hall–Kier alpha value is -1.62. The molecule has 17 heavy (non-hydrogen) atoms. The van der Waals surface area contributed by atoms with Gasteiger partial charge in [0, 0.05) is 0 Å². The number of rotatable bonds is 4. The molecule has 0 aliphatic rings. The Balaban J connectivity index is 2.15. The second-order valence-corrected chi connectivity index (χ2v) is 4.85. The monoisotopic (exact) mass is 249 g/mol. The Labute approximate surface area is 104 Å². The van der Waals surface area contributed by atoms with Gasteiger partial charge in [0.1, 0.15) is 5.75 Å². The third-order valence-electron chi connectivity index (χ3n) is 2.37. The predicted octanol–water partition coefficient (Wildman–Crippen LogP) is 2.96. The Kier molecular flexibility index (Phi) is 3.58. The molecule has 0 radical (unpaired) electrons. The molecule has 2 rings (SSSR count). The van der Waals surface area contributed by atoms with Gasteiger partial charge in [0.25, 0.3) is 0 Å². The largest absolute Gasteiger partial charge is 0.483 e. The standard InChI is InChI=1S/C12H15N3OS/c1-3-10(11-14-15-12(13)17-11)16-9-6-4-5-8(2)7-9/h4-7,10H,3H2,1-2H3,(H2,13,15). The van der Waals surface area contributed by atoms with Crippen LogP contribution in [0.5, 0.6) is 5.75 Å². The minimum atomic E-state index is -0.0772. The summed E-state index contributed by atoms with van der Waals surface area (Å²) in [7, 11) is 0. The van der Waals surface area contributed by atoms with Gasteiger partial charge in [-0.05, 0) is 31.0 Å². The average molecular weight is 249 g/mol. The second kappa shape index (κ2) is 5.14. The van der Waals surface area contributed by atoms with Crippen molar-refractivity contribution in [3.8, 4) is 5.75 Å². The van der Waals surface area contributed by atoms with E-state index in [2.05, 4.69) is 17.1 Å². The minimum absolute atomic E-state index is 0.0772. The highest BCUT2D eigenvalue weighted by Gasteiger charge is 2.16. The molecule has 0 saturated heterocycles. The maximum Gasteiger partial charge on any atom is 0.203 e. The third kappa shape index (κ3) is 2.94.